The summed E-state index contributed by atoms with van der Waals surface area (Å²) in [6, 6.07) is -0.656. The summed E-state index contributed by atoms with van der Waals surface area (Å²) in [7, 11) is 5.30. The SMILES string of the molecule is COC(=O)C(CCCCN(C)C)NC(=O)OC(C)(C)C. The number of carbonyl (C=O) groups is 2. The van der Waals surface area contributed by atoms with E-state index >= 15 is 0 Å². The van der Waals surface area contributed by atoms with Gasteiger partial charge in [0.25, 0.3) is 0 Å². The van der Waals surface area contributed by atoms with Gasteiger partial charge in [0.15, 0.2) is 0 Å². The summed E-state index contributed by atoms with van der Waals surface area (Å²) in [5.41, 5.74) is -0.588. The molecule has 6 heteroatoms. The van der Waals surface area contributed by atoms with Gasteiger partial charge in [0.05, 0.1) is 7.11 Å². The van der Waals surface area contributed by atoms with E-state index in [-0.39, 0.29) is 0 Å². The zero-order chi connectivity index (χ0) is 15.8. The molecule has 0 fully saturated rings. The van der Waals surface area contributed by atoms with Crippen LogP contribution in [0.4, 0.5) is 4.79 Å². The molecular formula is C14H28N2O4. The highest BCUT2D eigenvalue weighted by molar-refractivity contribution is 5.81. The number of unbranched alkanes of at least 4 members (excludes halogenated alkanes) is 1. The van der Waals surface area contributed by atoms with E-state index in [1.165, 1.54) is 7.11 Å². The molecule has 0 radical (unpaired) electrons. The Balaban J connectivity index is 4.28. The van der Waals surface area contributed by atoms with Crippen molar-refractivity contribution in [1.82, 2.24) is 10.2 Å². The molecule has 0 saturated heterocycles. The van der Waals surface area contributed by atoms with Crippen molar-refractivity contribution in [3.05, 3.63) is 0 Å². The van der Waals surface area contributed by atoms with E-state index in [1.54, 1.807) is 20.8 Å². The predicted molar refractivity (Wildman–Crippen MR) is 77.6 cm³/mol. The molecule has 0 heterocycles. The van der Waals surface area contributed by atoms with Gasteiger partial charge in [-0.1, -0.05) is 0 Å². The summed E-state index contributed by atoms with van der Waals surface area (Å²) in [6.07, 6.45) is 1.73. The summed E-state index contributed by atoms with van der Waals surface area (Å²) >= 11 is 0. The third-order valence-corrected chi connectivity index (χ3v) is 2.52. The van der Waals surface area contributed by atoms with Crippen LogP contribution in [0.1, 0.15) is 40.0 Å². The van der Waals surface area contributed by atoms with Gasteiger partial charge in [-0.2, -0.15) is 0 Å². The van der Waals surface area contributed by atoms with E-state index in [2.05, 4.69) is 10.2 Å². The molecule has 0 rings (SSSR count). The zero-order valence-electron chi connectivity index (χ0n) is 13.5. The minimum Gasteiger partial charge on any atom is -0.467 e. The average Bonchev–Trinajstić information content (AvgIpc) is 2.29. The molecule has 0 aliphatic heterocycles. The Bertz CT molecular complexity index is 311. The average molecular weight is 288 g/mol. The molecule has 0 aromatic heterocycles. The van der Waals surface area contributed by atoms with E-state index in [0.717, 1.165) is 19.4 Å². The number of methoxy groups -OCH3 is 1. The molecule has 20 heavy (non-hydrogen) atoms. The van der Waals surface area contributed by atoms with Crippen LogP contribution in [0.15, 0.2) is 0 Å². The first-order valence-corrected chi connectivity index (χ1v) is 6.88. The number of ether oxygens (including phenoxy) is 2. The standard InChI is InChI=1S/C14H28N2O4/c1-14(2,3)20-13(18)15-11(12(17)19-6)9-7-8-10-16(4)5/h11H,7-10H2,1-6H3,(H,15,18). The summed E-state index contributed by atoms with van der Waals surface area (Å²) in [5, 5.41) is 2.56. The molecule has 0 saturated carbocycles. The molecule has 1 atom stereocenters. The lowest BCUT2D eigenvalue weighted by Gasteiger charge is -2.22. The predicted octanol–water partition coefficient (Wildman–Crippen LogP) is 1.78. The van der Waals surface area contributed by atoms with Gasteiger partial charge in [0.2, 0.25) is 0 Å². The molecule has 0 aliphatic rings. The van der Waals surface area contributed by atoms with E-state index in [4.69, 9.17) is 9.47 Å². The Hall–Kier alpha value is -1.30. The van der Waals surface area contributed by atoms with Crippen LogP contribution in [-0.2, 0) is 14.3 Å². The quantitative estimate of drug-likeness (QED) is 0.571. The van der Waals surface area contributed by atoms with Crippen molar-refractivity contribution >= 4 is 12.1 Å². The van der Waals surface area contributed by atoms with Crippen LogP contribution in [0.2, 0.25) is 0 Å². The van der Waals surface area contributed by atoms with Gasteiger partial charge in [-0.05, 0) is 60.7 Å². The lowest BCUT2D eigenvalue weighted by Crippen LogP contribution is -2.44. The number of amides is 1. The smallest absolute Gasteiger partial charge is 0.408 e. The van der Waals surface area contributed by atoms with E-state index in [0.29, 0.717) is 6.42 Å². The lowest BCUT2D eigenvalue weighted by molar-refractivity contribution is -0.143. The fourth-order valence-corrected chi connectivity index (χ4v) is 1.62. The molecule has 0 spiro atoms. The van der Waals surface area contributed by atoms with Gasteiger partial charge >= 0.3 is 12.1 Å². The van der Waals surface area contributed by atoms with Crippen molar-refractivity contribution < 1.29 is 19.1 Å². The Kier molecular flexibility index (Phi) is 8.22. The Morgan fingerprint density at radius 1 is 1.20 bits per heavy atom. The first-order valence-electron chi connectivity index (χ1n) is 6.88. The van der Waals surface area contributed by atoms with Crippen molar-refractivity contribution in [2.75, 3.05) is 27.7 Å². The van der Waals surface area contributed by atoms with Crippen LogP contribution in [0.3, 0.4) is 0 Å². The zero-order valence-corrected chi connectivity index (χ0v) is 13.5. The number of rotatable bonds is 7. The van der Waals surface area contributed by atoms with Crippen LogP contribution >= 0.6 is 0 Å². The Morgan fingerprint density at radius 2 is 1.80 bits per heavy atom. The highest BCUT2D eigenvalue weighted by Crippen LogP contribution is 2.09. The maximum Gasteiger partial charge on any atom is 0.408 e. The monoisotopic (exact) mass is 288 g/mol. The molecule has 0 aliphatic carbocycles. The van der Waals surface area contributed by atoms with Crippen LogP contribution in [0.25, 0.3) is 0 Å². The van der Waals surface area contributed by atoms with Crippen LogP contribution < -0.4 is 5.32 Å². The minimum absolute atomic E-state index is 0.444. The number of carbonyl (C=O) groups excluding carboxylic acids is 2. The van der Waals surface area contributed by atoms with Crippen LogP contribution in [0.5, 0.6) is 0 Å². The van der Waals surface area contributed by atoms with Crippen molar-refractivity contribution in [2.24, 2.45) is 0 Å². The molecule has 6 nitrogen and oxygen atoms in total. The number of nitrogens with one attached hydrogen (secondary N) is 1. The second-order valence-corrected chi connectivity index (χ2v) is 6.02. The second-order valence-electron chi connectivity index (χ2n) is 6.02. The first kappa shape index (κ1) is 18.7. The van der Waals surface area contributed by atoms with E-state index in [1.807, 2.05) is 14.1 Å². The first-order chi connectivity index (χ1) is 9.15. The summed E-state index contributed by atoms with van der Waals surface area (Å²) < 4.78 is 9.84. The molecule has 0 aromatic rings. The van der Waals surface area contributed by atoms with Gasteiger partial charge < -0.3 is 19.7 Å². The molecule has 0 aromatic carbocycles. The highest BCUT2D eigenvalue weighted by atomic mass is 16.6. The van der Waals surface area contributed by atoms with Crippen LogP contribution in [0, 0.1) is 0 Å². The minimum atomic E-state index is -0.656. The van der Waals surface area contributed by atoms with E-state index in [9.17, 15) is 9.59 Å². The largest absolute Gasteiger partial charge is 0.467 e. The maximum absolute atomic E-state index is 11.7. The van der Waals surface area contributed by atoms with Crippen molar-refractivity contribution in [3.8, 4) is 0 Å². The summed E-state index contributed by atoms with van der Waals surface area (Å²) in [6.45, 7) is 6.27. The molecule has 1 N–H and O–H groups in total. The number of esters is 1. The third-order valence-electron chi connectivity index (χ3n) is 2.52. The summed E-state index contributed by atoms with van der Waals surface area (Å²) in [5.74, 6) is -0.444. The number of nitrogens with zero attached hydrogens (tertiary/aromatic N) is 1. The number of alkyl carbamates (subject to hydrolysis) is 1. The van der Waals surface area contributed by atoms with Crippen LogP contribution in [-0.4, -0.2) is 56.4 Å². The fraction of sp³-hybridized carbons (Fsp3) is 0.857. The fourth-order valence-electron chi connectivity index (χ4n) is 1.62. The van der Waals surface area contributed by atoms with Gasteiger partial charge in [-0.15, -0.1) is 0 Å². The number of hydrogen-bond donors (Lipinski definition) is 1. The molecule has 118 valence electrons. The molecule has 0 bridgehead atoms. The highest BCUT2D eigenvalue weighted by Gasteiger charge is 2.24. The van der Waals surface area contributed by atoms with Crippen molar-refractivity contribution in [2.45, 2.75) is 51.7 Å². The summed E-state index contributed by atoms with van der Waals surface area (Å²) in [4.78, 5) is 25.4. The Morgan fingerprint density at radius 3 is 2.25 bits per heavy atom. The van der Waals surface area contributed by atoms with Crippen molar-refractivity contribution in [1.29, 1.82) is 0 Å². The Labute approximate surface area is 121 Å². The molecular weight excluding hydrogens is 260 g/mol. The van der Waals surface area contributed by atoms with Gasteiger partial charge in [0.1, 0.15) is 11.6 Å². The van der Waals surface area contributed by atoms with Gasteiger partial charge in [-0.3, -0.25) is 0 Å². The molecule has 1 amide bonds. The number of hydrogen-bond acceptors (Lipinski definition) is 5. The topological polar surface area (TPSA) is 67.9 Å². The normalized spacial score (nSPS) is 12.9. The van der Waals surface area contributed by atoms with E-state index < -0.39 is 23.7 Å². The van der Waals surface area contributed by atoms with Crippen molar-refractivity contribution in [3.63, 3.8) is 0 Å². The van der Waals surface area contributed by atoms with Gasteiger partial charge in [0, 0.05) is 0 Å². The molecule has 1 unspecified atom stereocenters. The second kappa shape index (κ2) is 8.79. The maximum atomic E-state index is 11.7. The lowest BCUT2D eigenvalue weighted by atomic mass is 10.1. The third kappa shape index (κ3) is 9.61. The van der Waals surface area contributed by atoms with Gasteiger partial charge in [-0.25, -0.2) is 9.59 Å².